The Morgan fingerprint density at radius 2 is 1.65 bits per heavy atom. The molecule has 5 heteroatoms. The minimum absolute atomic E-state index is 0.0200. The third kappa shape index (κ3) is 4.23. The smallest absolute Gasteiger partial charge is 0.257 e. The lowest BCUT2D eigenvalue weighted by Crippen LogP contribution is -2.50. The Hall–Kier alpha value is -2.82. The van der Waals surface area contributed by atoms with Crippen LogP contribution in [0.25, 0.3) is 6.08 Å². The summed E-state index contributed by atoms with van der Waals surface area (Å²) in [6, 6.07) is 9.90. The number of furan rings is 1. The second kappa shape index (κ2) is 8.04. The maximum Gasteiger partial charge on any atom is 0.257 e. The minimum Gasteiger partial charge on any atom is -0.472 e. The van der Waals surface area contributed by atoms with Crippen LogP contribution in [0.5, 0.6) is 0 Å². The molecule has 0 aliphatic carbocycles. The van der Waals surface area contributed by atoms with Crippen LogP contribution < -0.4 is 0 Å². The molecule has 1 saturated heterocycles. The van der Waals surface area contributed by atoms with Crippen molar-refractivity contribution < 1.29 is 14.0 Å². The van der Waals surface area contributed by atoms with Gasteiger partial charge in [0.2, 0.25) is 5.91 Å². The van der Waals surface area contributed by atoms with Gasteiger partial charge in [-0.3, -0.25) is 9.59 Å². The van der Waals surface area contributed by atoms with E-state index in [1.165, 1.54) is 18.1 Å². The van der Waals surface area contributed by atoms with E-state index >= 15 is 0 Å². The molecule has 0 bridgehead atoms. The van der Waals surface area contributed by atoms with Crippen molar-refractivity contribution in [2.24, 2.45) is 0 Å². The van der Waals surface area contributed by atoms with Crippen molar-refractivity contribution in [2.75, 3.05) is 26.2 Å². The topological polar surface area (TPSA) is 53.8 Å². The Kier molecular flexibility index (Phi) is 5.56. The lowest BCUT2D eigenvalue weighted by molar-refractivity contribution is -0.127. The molecule has 0 radical (unpaired) electrons. The number of hydrogen-bond acceptors (Lipinski definition) is 3. The van der Waals surface area contributed by atoms with E-state index in [1.807, 2.05) is 18.2 Å². The summed E-state index contributed by atoms with van der Waals surface area (Å²) < 4.78 is 4.96. The molecule has 0 N–H and O–H groups in total. The van der Waals surface area contributed by atoms with E-state index in [4.69, 9.17) is 4.42 Å². The van der Waals surface area contributed by atoms with Crippen molar-refractivity contribution in [1.29, 1.82) is 0 Å². The normalized spacial score (nSPS) is 15.0. The zero-order valence-electron chi connectivity index (χ0n) is 15.2. The molecule has 5 nitrogen and oxygen atoms in total. The highest BCUT2D eigenvalue weighted by Gasteiger charge is 2.24. The molecule has 3 rings (SSSR count). The van der Waals surface area contributed by atoms with Gasteiger partial charge in [0.15, 0.2) is 0 Å². The summed E-state index contributed by atoms with van der Waals surface area (Å²) in [6.45, 7) is 6.47. The van der Waals surface area contributed by atoms with Crippen LogP contribution in [0.1, 0.15) is 41.3 Å². The molecule has 1 fully saturated rings. The average molecular weight is 352 g/mol. The zero-order chi connectivity index (χ0) is 18.5. The highest BCUT2D eigenvalue weighted by atomic mass is 16.3. The van der Waals surface area contributed by atoms with E-state index in [9.17, 15) is 9.59 Å². The summed E-state index contributed by atoms with van der Waals surface area (Å²) in [7, 11) is 0. The number of hydrogen-bond donors (Lipinski definition) is 0. The third-order valence-electron chi connectivity index (χ3n) is 4.67. The molecule has 0 spiro atoms. The van der Waals surface area contributed by atoms with E-state index in [0.717, 1.165) is 5.56 Å². The molecule has 2 amide bonds. The highest BCUT2D eigenvalue weighted by molar-refractivity contribution is 5.94. The lowest BCUT2D eigenvalue weighted by Gasteiger charge is -2.34. The molecule has 0 saturated carbocycles. The molecular formula is C21H24N2O3. The predicted molar refractivity (Wildman–Crippen MR) is 101 cm³/mol. The summed E-state index contributed by atoms with van der Waals surface area (Å²) in [5.41, 5.74) is 2.85. The fourth-order valence-electron chi connectivity index (χ4n) is 2.96. The SMILES string of the molecule is CC(C)c1ccc(/C=C/C(=O)N2CCN(C(=O)c3ccoc3)CC2)cc1. The van der Waals surface area contributed by atoms with Crippen molar-refractivity contribution in [3.05, 3.63) is 65.6 Å². The van der Waals surface area contributed by atoms with Crippen molar-refractivity contribution in [3.8, 4) is 0 Å². The minimum atomic E-state index is -0.0494. The van der Waals surface area contributed by atoms with Crippen LogP contribution >= 0.6 is 0 Å². The summed E-state index contributed by atoms with van der Waals surface area (Å²) >= 11 is 0. The van der Waals surface area contributed by atoms with Crippen LogP contribution in [0.2, 0.25) is 0 Å². The van der Waals surface area contributed by atoms with Crippen molar-refractivity contribution in [2.45, 2.75) is 19.8 Å². The first-order chi connectivity index (χ1) is 12.5. The van der Waals surface area contributed by atoms with Gasteiger partial charge in [-0.15, -0.1) is 0 Å². The Balaban J connectivity index is 1.52. The average Bonchev–Trinajstić information content (AvgIpc) is 3.20. The molecule has 26 heavy (non-hydrogen) atoms. The van der Waals surface area contributed by atoms with E-state index in [2.05, 4.69) is 26.0 Å². The maximum absolute atomic E-state index is 12.4. The van der Waals surface area contributed by atoms with E-state index in [-0.39, 0.29) is 11.8 Å². The van der Waals surface area contributed by atoms with Crippen LogP contribution in [0.4, 0.5) is 0 Å². The third-order valence-corrected chi connectivity index (χ3v) is 4.67. The number of rotatable bonds is 4. The predicted octanol–water partition coefficient (Wildman–Crippen LogP) is 3.40. The van der Waals surface area contributed by atoms with Crippen molar-refractivity contribution in [3.63, 3.8) is 0 Å². The summed E-state index contributed by atoms with van der Waals surface area (Å²) in [5, 5.41) is 0. The quantitative estimate of drug-likeness (QED) is 0.793. The number of nitrogens with zero attached hydrogens (tertiary/aromatic N) is 2. The lowest BCUT2D eigenvalue weighted by atomic mass is 10.0. The Morgan fingerprint density at radius 1 is 1.00 bits per heavy atom. The highest BCUT2D eigenvalue weighted by Crippen LogP contribution is 2.15. The van der Waals surface area contributed by atoms with Crippen LogP contribution in [-0.4, -0.2) is 47.8 Å². The second-order valence-corrected chi connectivity index (χ2v) is 6.78. The van der Waals surface area contributed by atoms with Gasteiger partial charge in [-0.25, -0.2) is 0 Å². The number of carbonyl (C=O) groups excluding carboxylic acids is 2. The van der Waals surface area contributed by atoms with Gasteiger partial charge in [0.1, 0.15) is 6.26 Å². The molecule has 0 atom stereocenters. The van der Waals surface area contributed by atoms with Crippen LogP contribution in [0, 0.1) is 0 Å². The maximum atomic E-state index is 12.4. The molecule has 1 aliphatic heterocycles. The van der Waals surface area contributed by atoms with E-state index < -0.39 is 0 Å². The Morgan fingerprint density at radius 3 is 2.23 bits per heavy atom. The van der Waals surface area contributed by atoms with E-state index in [1.54, 1.807) is 21.9 Å². The van der Waals surface area contributed by atoms with Crippen LogP contribution in [-0.2, 0) is 4.79 Å². The van der Waals surface area contributed by atoms with Gasteiger partial charge >= 0.3 is 0 Å². The standard InChI is InChI=1S/C21H24N2O3/c1-16(2)18-6-3-17(4-7-18)5-8-20(24)22-10-12-23(13-11-22)21(25)19-9-14-26-15-19/h3-9,14-16H,10-13H2,1-2H3/b8-5+. The molecule has 2 aromatic rings. The van der Waals surface area contributed by atoms with Gasteiger partial charge in [-0.05, 0) is 29.2 Å². The Labute approximate surface area is 153 Å². The van der Waals surface area contributed by atoms with Gasteiger partial charge in [0.25, 0.3) is 5.91 Å². The molecule has 136 valence electrons. The zero-order valence-corrected chi connectivity index (χ0v) is 15.2. The van der Waals surface area contributed by atoms with Crippen LogP contribution in [0.15, 0.2) is 53.4 Å². The molecular weight excluding hydrogens is 328 g/mol. The van der Waals surface area contributed by atoms with Gasteiger partial charge in [0, 0.05) is 32.3 Å². The molecule has 1 aliphatic rings. The monoisotopic (exact) mass is 352 g/mol. The molecule has 1 aromatic carbocycles. The van der Waals surface area contributed by atoms with Crippen LogP contribution in [0.3, 0.4) is 0 Å². The summed E-state index contributed by atoms with van der Waals surface area (Å²) in [5.74, 6) is 0.427. The van der Waals surface area contributed by atoms with Gasteiger partial charge in [-0.1, -0.05) is 38.1 Å². The summed E-state index contributed by atoms with van der Waals surface area (Å²) in [4.78, 5) is 28.2. The van der Waals surface area contributed by atoms with Gasteiger partial charge in [0.05, 0.1) is 11.8 Å². The largest absolute Gasteiger partial charge is 0.472 e. The number of amides is 2. The number of carbonyl (C=O) groups is 2. The fourth-order valence-corrected chi connectivity index (χ4v) is 2.96. The van der Waals surface area contributed by atoms with E-state index in [0.29, 0.717) is 37.7 Å². The molecule has 0 unspecified atom stereocenters. The molecule has 1 aromatic heterocycles. The molecule has 2 heterocycles. The Bertz CT molecular complexity index is 768. The summed E-state index contributed by atoms with van der Waals surface area (Å²) in [6.07, 6.45) is 6.39. The van der Waals surface area contributed by atoms with Gasteiger partial charge in [-0.2, -0.15) is 0 Å². The number of piperazine rings is 1. The first-order valence-electron chi connectivity index (χ1n) is 8.93. The first kappa shape index (κ1) is 18.0. The van der Waals surface area contributed by atoms with Crippen molar-refractivity contribution in [1.82, 2.24) is 9.80 Å². The fraction of sp³-hybridized carbons (Fsp3) is 0.333. The number of benzene rings is 1. The van der Waals surface area contributed by atoms with Gasteiger partial charge < -0.3 is 14.2 Å². The first-order valence-corrected chi connectivity index (χ1v) is 8.93. The van der Waals surface area contributed by atoms with Crippen molar-refractivity contribution >= 4 is 17.9 Å². The second-order valence-electron chi connectivity index (χ2n) is 6.78.